The molecule has 34 heavy (non-hydrogen) atoms. The van der Waals surface area contributed by atoms with Crippen molar-refractivity contribution in [1.29, 1.82) is 0 Å². The second kappa shape index (κ2) is 12.1. The first-order valence-corrected chi connectivity index (χ1v) is 13.2. The number of hydrogen-bond acceptors (Lipinski definition) is 6. The van der Waals surface area contributed by atoms with Crippen molar-refractivity contribution in [3.63, 3.8) is 0 Å². The number of unbranched alkanes of at least 4 members (excludes halogenated alkanes) is 1. The summed E-state index contributed by atoms with van der Waals surface area (Å²) in [6.07, 6.45) is 4.66. The fraction of sp³-hybridized carbons (Fsp3) is 0.480. The van der Waals surface area contributed by atoms with Crippen LogP contribution in [0.1, 0.15) is 56.3 Å². The zero-order chi connectivity index (χ0) is 24.6. The fourth-order valence-electron chi connectivity index (χ4n) is 3.76. The summed E-state index contributed by atoms with van der Waals surface area (Å²) in [6.45, 7) is 5.95. The first-order chi connectivity index (χ1) is 16.4. The van der Waals surface area contributed by atoms with Crippen LogP contribution in [0.25, 0.3) is 0 Å². The Hall–Kier alpha value is -2.78. The van der Waals surface area contributed by atoms with E-state index in [0.717, 1.165) is 32.1 Å². The first-order valence-electron chi connectivity index (χ1n) is 11.8. The predicted molar refractivity (Wildman–Crippen MR) is 132 cm³/mol. The quantitative estimate of drug-likeness (QED) is 0.459. The van der Waals surface area contributed by atoms with Gasteiger partial charge in [0.1, 0.15) is 5.75 Å². The van der Waals surface area contributed by atoms with E-state index in [9.17, 15) is 13.2 Å². The fourth-order valence-corrected chi connectivity index (χ4v) is 5.30. The molecule has 8 nitrogen and oxygen atoms in total. The van der Waals surface area contributed by atoms with Crippen LogP contribution in [0.2, 0.25) is 0 Å². The maximum atomic E-state index is 13.1. The van der Waals surface area contributed by atoms with Crippen LogP contribution in [0.5, 0.6) is 17.2 Å². The van der Waals surface area contributed by atoms with Crippen molar-refractivity contribution in [2.75, 3.05) is 38.7 Å². The third kappa shape index (κ3) is 6.21. The van der Waals surface area contributed by atoms with Crippen LogP contribution in [0, 0.1) is 0 Å². The molecule has 1 fully saturated rings. The summed E-state index contributed by atoms with van der Waals surface area (Å²) >= 11 is 0. The van der Waals surface area contributed by atoms with Gasteiger partial charge in [-0.3, -0.25) is 4.79 Å². The Morgan fingerprint density at radius 1 is 0.971 bits per heavy atom. The molecule has 1 saturated heterocycles. The lowest BCUT2D eigenvalue weighted by Crippen LogP contribution is -2.35. The van der Waals surface area contributed by atoms with E-state index in [1.165, 1.54) is 23.5 Å². The highest BCUT2D eigenvalue weighted by Crippen LogP contribution is 2.32. The summed E-state index contributed by atoms with van der Waals surface area (Å²) in [5, 5.41) is 2.79. The van der Waals surface area contributed by atoms with Gasteiger partial charge in [-0.15, -0.1) is 0 Å². The molecule has 1 aliphatic rings. The van der Waals surface area contributed by atoms with Crippen LogP contribution >= 0.6 is 0 Å². The van der Waals surface area contributed by atoms with E-state index < -0.39 is 15.9 Å². The monoisotopic (exact) mass is 490 g/mol. The van der Waals surface area contributed by atoms with E-state index in [4.69, 9.17) is 14.2 Å². The zero-order valence-corrected chi connectivity index (χ0v) is 20.9. The van der Waals surface area contributed by atoms with Gasteiger partial charge in [0.05, 0.1) is 30.9 Å². The largest absolute Gasteiger partial charge is 0.495 e. The van der Waals surface area contributed by atoms with Gasteiger partial charge in [-0.1, -0.05) is 19.8 Å². The van der Waals surface area contributed by atoms with E-state index in [1.807, 2.05) is 6.92 Å². The molecule has 0 spiro atoms. The molecule has 1 aliphatic heterocycles. The molecule has 0 aromatic heterocycles. The average Bonchev–Trinajstić information content (AvgIpc) is 2.85. The van der Waals surface area contributed by atoms with Crippen molar-refractivity contribution in [2.24, 2.45) is 0 Å². The molecule has 1 amide bonds. The molecule has 1 N–H and O–H groups in total. The van der Waals surface area contributed by atoms with Crippen molar-refractivity contribution in [3.05, 3.63) is 42.0 Å². The second-order valence-corrected chi connectivity index (χ2v) is 10.0. The van der Waals surface area contributed by atoms with Crippen molar-refractivity contribution < 1.29 is 27.4 Å². The highest BCUT2D eigenvalue weighted by atomic mass is 32.2. The van der Waals surface area contributed by atoms with Gasteiger partial charge in [0.15, 0.2) is 11.5 Å². The number of piperidine rings is 1. The summed E-state index contributed by atoms with van der Waals surface area (Å²) < 4.78 is 44.5. The van der Waals surface area contributed by atoms with E-state index in [0.29, 0.717) is 49.1 Å². The molecule has 0 aliphatic carbocycles. The molecular weight excluding hydrogens is 456 g/mol. The van der Waals surface area contributed by atoms with E-state index in [-0.39, 0.29) is 10.6 Å². The Morgan fingerprint density at radius 2 is 1.71 bits per heavy atom. The topological polar surface area (TPSA) is 94.2 Å². The summed E-state index contributed by atoms with van der Waals surface area (Å²) in [7, 11) is -2.18. The van der Waals surface area contributed by atoms with Crippen molar-refractivity contribution in [2.45, 2.75) is 50.8 Å². The second-order valence-electron chi connectivity index (χ2n) is 8.08. The van der Waals surface area contributed by atoms with E-state index in [2.05, 4.69) is 12.2 Å². The average molecular weight is 491 g/mol. The first kappa shape index (κ1) is 25.8. The van der Waals surface area contributed by atoms with Crippen molar-refractivity contribution in [1.82, 2.24) is 4.31 Å². The van der Waals surface area contributed by atoms with Gasteiger partial charge in [-0.2, -0.15) is 4.31 Å². The number of carbonyl (C=O) groups excluding carboxylic acids is 1. The number of anilines is 1. The van der Waals surface area contributed by atoms with Crippen molar-refractivity contribution >= 4 is 21.6 Å². The third-order valence-electron chi connectivity index (χ3n) is 5.63. The van der Waals surface area contributed by atoms with Gasteiger partial charge in [0, 0.05) is 18.7 Å². The van der Waals surface area contributed by atoms with Gasteiger partial charge >= 0.3 is 0 Å². The molecule has 2 aromatic rings. The maximum absolute atomic E-state index is 13.1. The van der Waals surface area contributed by atoms with E-state index >= 15 is 0 Å². The molecule has 9 heteroatoms. The number of methoxy groups -OCH3 is 1. The van der Waals surface area contributed by atoms with Crippen molar-refractivity contribution in [3.8, 4) is 17.2 Å². The van der Waals surface area contributed by atoms with Gasteiger partial charge in [-0.25, -0.2) is 8.42 Å². The highest BCUT2D eigenvalue weighted by molar-refractivity contribution is 7.89. The molecule has 2 aromatic carbocycles. The standard InChI is InChI=1S/C25H34N2O6S/c1-4-6-16-33-23-12-10-19(17-24(23)32-5-2)25(28)26-21-18-20(11-13-22(21)31-3)34(29,30)27-14-8-7-9-15-27/h10-13,17-18H,4-9,14-16H2,1-3H3,(H,26,28). The zero-order valence-electron chi connectivity index (χ0n) is 20.1. The lowest BCUT2D eigenvalue weighted by molar-refractivity contribution is 0.102. The molecule has 3 rings (SSSR count). The van der Waals surface area contributed by atoms with E-state index in [1.54, 1.807) is 24.3 Å². The smallest absolute Gasteiger partial charge is 0.255 e. The van der Waals surface area contributed by atoms with Gasteiger partial charge < -0.3 is 19.5 Å². The molecule has 0 atom stereocenters. The number of hydrogen-bond donors (Lipinski definition) is 1. The third-order valence-corrected chi connectivity index (χ3v) is 7.53. The summed E-state index contributed by atoms with van der Waals surface area (Å²) in [4.78, 5) is 13.2. The Bertz CT molecular complexity index is 1080. The highest BCUT2D eigenvalue weighted by Gasteiger charge is 2.27. The minimum Gasteiger partial charge on any atom is -0.495 e. The predicted octanol–water partition coefficient (Wildman–Crippen LogP) is 4.70. The van der Waals surface area contributed by atoms with Gasteiger partial charge in [0.25, 0.3) is 5.91 Å². The number of carbonyl (C=O) groups is 1. The SMILES string of the molecule is CCCCOc1ccc(C(=O)Nc2cc(S(=O)(=O)N3CCCCC3)ccc2OC)cc1OCC. The normalized spacial score (nSPS) is 14.4. The van der Waals surface area contributed by atoms with Crippen LogP contribution in [0.4, 0.5) is 5.69 Å². The molecule has 0 bridgehead atoms. The van der Waals surface area contributed by atoms with Crippen LogP contribution in [-0.4, -0.2) is 52.0 Å². The van der Waals surface area contributed by atoms with Crippen LogP contribution in [0.15, 0.2) is 41.3 Å². The Labute approximate surface area is 202 Å². The Balaban J connectivity index is 1.84. The van der Waals surface area contributed by atoms with Crippen LogP contribution in [0.3, 0.4) is 0 Å². The maximum Gasteiger partial charge on any atom is 0.255 e. The number of nitrogens with zero attached hydrogens (tertiary/aromatic N) is 1. The number of amides is 1. The lowest BCUT2D eigenvalue weighted by Gasteiger charge is -2.26. The lowest BCUT2D eigenvalue weighted by atomic mass is 10.1. The summed E-state index contributed by atoms with van der Waals surface area (Å²) in [5.41, 5.74) is 0.643. The van der Waals surface area contributed by atoms with Gasteiger partial charge in [-0.05, 0) is 62.6 Å². The molecule has 1 heterocycles. The minimum absolute atomic E-state index is 0.125. The molecule has 0 unspecified atom stereocenters. The molecular formula is C25H34N2O6S. The van der Waals surface area contributed by atoms with Gasteiger partial charge in [0.2, 0.25) is 10.0 Å². The number of nitrogens with one attached hydrogen (secondary N) is 1. The summed E-state index contributed by atoms with van der Waals surface area (Å²) in [6, 6.07) is 9.51. The summed E-state index contributed by atoms with van der Waals surface area (Å²) in [5.74, 6) is 1.03. The van der Waals surface area contributed by atoms with Crippen LogP contribution in [-0.2, 0) is 10.0 Å². The molecule has 0 radical (unpaired) electrons. The Morgan fingerprint density at radius 3 is 2.38 bits per heavy atom. The molecule has 186 valence electrons. The number of benzene rings is 2. The number of ether oxygens (including phenoxy) is 3. The Kier molecular flexibility index (Phi) is 9.18. The minimum atomic E-state index is -3.65. The number of rotatable bonds is 11. The number of sulfonamides is 1. The van der Waals surface area contributed by atoms with Crippen LogP contribution < -0.4 is 19.5 Å². The molecule has 0 saturated carbocycles.